The Hall–Kier alpha value is -1.17. The molecule has 0 bridgehead atoms. The summed E-state index contributed by atoms with van der Waals surface area (Å²) in [5.74, 6) is 0.548. The summed E-state index contributed by atoms with van der Waals surface area (Å²) >= 11 is 6.01. The first kappa shape index (κ1) is 16.9. The molecular formula is C14H21ClN2O3. The zero-order chi connectivity index (χ0) is 15.0. The first-order valence-electron chi connectivity index (χ1n) is 6.72. The van der Waals surface area contributed by atoms with Crippen LogP contribution in [0.2, 0.25) is 5.02 Å². The summed E-state index contributed by atoms with van der Waals surface area (Å²) < 4.78 is 5.47. The summed E-state index contributed by atoms with van der Waals surface area (Å²) in [4.78, 5) is 10.3. The molecule has 0 amide bonds. The van der Waals surface area contributed by atoms with Gasteiger partial charge in [-0.2, -0.15) is 0 Å². The van der Waals surface area contributed by atoms with Crippen LogP contribution < -0.4 is 5.32 Å². The highest BCUT2D eigenvalue weighted by Crippen LogP contribution is 2.21. The van der Waals surface area contributed by atoms with Gasteiger partial charge in [0, 0.05) is 36.9 Å². The molecule has 0 unspecified atom stereocenters. The van der Waals surface area contributed by atoms with Gasteiger partial charge in [0.15, 0.2) is 0 Å². The second-order valence-electron chi connectivity index (χ2n) is 5.03. The number of halogens is 1. The van der Waals surface area contributed by atoms with E-state index in [0.717, 1.165) is 25.1 Å². The highest BCUT2D eigenvalue weighted by molar-refractivity contribution is 6.31. The summed E-state index contributed by atoms with van der Waals surface area (Å²) in [5.41, 5.74) is 0.801. The molecule has 0 saturated carbocycles. The number of ether oxygens (including phenoxy) is 1. The lowest BCUT2D eigenvalue weighted by Crippen LogP contribution is -2.17. The molecule has 1 rings (SSSR count). The molecule has 0 aliphatic heterocycles. The van der Waals surface area contributed by atoms with Gasteiger partial charge in [0.1, 0.15) is 0 Å². The Balaban J connectivity index is 2.28. The van der Waals surface area contributed by atoms with Crippen LogP contribution in [0, 0.1) is 16.0 Å². The third kappa shape index (κ3) is 6.32. The number of rotatable bonds is 9. The lowest BCUT2D eigenvalue weighted by atomic mass is 10.2. The Morgan fingerprint density at radius 1 is 1.45 bits per heavy atom. The quantitative estimate of drug-likeness (QED) is 0.431. The first-order valence-corrected chi connectivity index (χ1v) is 7.09. The number of nitrogens with one attached hydrogen (secondary N) is 1. The molecule has 0 aliphatic carbocycles. The molecule has 0 spiro atoms. The van der Waals surface area contributed by atoms with Crippen molar-refractivity contribution in [3.63, 3.8) is 0 Å². The third-order valence-corrected chi connectivity index (χ3v) is 3.02. The van der Waals surface area contributed by atoms with Gasteiger partial charge in [0.05, 0.1) is 4.92 Å². The number of hydrogen-bond acceptors (Lipinski definition) is 4. The summed E-state index contributed by atoms with van der Waals surface area (Å²) in [7, 11) is 0. The molecule has 0 radical (unpaired) electrons. The van der Waals surface area contributed by atoms with Crippen LogP contribution in [0.1, 0.15) is 25.8 Å². The minimum atomic E-state index is -0.417. The smallest absolute Gasteiger partial charge is 0.269 e. The van der Waals surface area contributed by atoms with Gasteiger partial charge in [-0.05, 0) is 30.5 Å². The highest BCUT2D eigenvalue weighted by Gasteiger charge is 2.09. The average molecular weight is 301 g/mol. The Kier molecular flexibility index (Phi) is 7.51. The zero-order valence-electron chi connectivity index (χ0n) is 11.9. The van der Waals surface area contributed by atoms with E-state index >= 15 is 0 Å². The lowest BCUT2D eigenvalue weighted by molar-refractivity contribution is -0.384. The van der Waals surface area contributed by atoms with E-state index in [1.54, 1.807) is 6.07 Å². The van der Waals surface area contributed by atoms with Crippen molar-refractivity contribution in [2.24, 2.45) is 5.92 Å². The third-order valence-electron chi connectivity index (χ3n) is 2.65. The molecule has 0 fully saturated rings. The van der Waals surface area contributed by atoms with Gasteiger partial charge in [-0.15, -0.1) is 0 Å². The molecule has 0 aliphatic rings. The largest absolute Gasteiger partial charge is 0.381 e. The van der Waals surface area contributed by atoms with Crippen LogP contribution in [-0.2, 0) is 11.3 Å². The van der Waals surface area contributed by atoms with Gasteiger partial charge in [-0.1, -0.05) is 25.4 Å². The van der Waals surface area contributed by atoms with E-state index in [1.165, 1.54) is 12.1 Å². The van der Waals surface area contributed by atoms with Crippen LogP contribution in [-0.4, -0.2) is 24.7 Å². The van der Waals surface area contributed by atoms with Crippen molar-refractivity contribution in [2.45, 2.75) is 26.8 Å². The fourth-order valence-corrected chi connectivity index (χ4v) is 1.84. The Bertz CT molecular complexity index is 438. The maximum absolute atomic E-state index is 10.7. The minimum Gasteiger partial charge on any atom is -0.381 e. The number of nitro benzene ring substituents is 1. The monoisotopic (exact) mass is 300 g/mol. The fourth-order valence-electron chi connectivity index (χ4n) is 1.65. The molecule has 112 valence electrons. The van der Waals surface area contributed by atoms with E-state index in [4.69, 9.17) is 16.3 Å². The molecule has 1 aromatic carbocycles. The molecule has 0 atom stereocenters. The number of benzene rings is 1. The molecule has 6 heteroatoms. The number of hydrogen-bond donors (Lipinski definition) is 1. The van der Waals surface area contributed by atoms with E-state index in [9.17, 15) is 10.1 Å². The van der Waals surface area contributed by atoms with Gasteiger partial charge < -0.3 is 10.1 Å². The summed E-state index contributed by atoms with van der Waals surface area (Å²) in [6.07, 6.45) is 0.902. The number of nitro groups is 1. The number of non-ortho nitro benzene ring substituents is 1. The molecule has 20 heavy (non-hydrogen) atoms. The van der Waals surface area contributed by atoms with Crippen LogP contribution in [0.3, 0.4) is 0 Å². The average Bonchev–Trinajstić information content (AvgIpc) is 2.38. The SMILES string of the molecule is CC(C)COCCCNCc1cc([N+](=O)[O-])ccc1Cl. The number of nitrogens with zero attached hydrogens (tertiary/aromatic N) is 1. The zero-order valence-corrected chi connectivity index (χ0v) is 12.7. The van der Waals surface area contributed by atoms with Crippen LogP contribution in [0.25, 0.3) is 0 Å². The summed E-state index contributed by atoms with van der Waals surface area (Å²) in [5, 5.41) is 14.4. The second-order valence-corrected chi connectivity index (χ2v) is 5.44. The molecule has 1 N–H and O–H groups in total. The van der Waals surface area contributed by atoms with Crippen molar-refractivity contribution in [3.05, 3.63) is 38.9 Å². The van der Waals surface area contributed by atoms with Crippen molar-refractivity contribution in [1.82, 2.24) is 5.32 Å². The summed E-state index contributed by atoms with van der Waals surface area (Å²) in [6, 6.07) is 4.47. The van der Waals surface area contributed by atoms with E-state index in [-0.39, 0.29) is 5.69 Å². The minimum absolute atomic E-state index is 0.0615. The predicted octanol–water partition coefficient (Wildman–Crippen LogP) is 3.40. The topological polar surface area (TPSA) is 64.4 Å². The molecule has 0 saturated heterocycles. The molecule has 1 aromatic rings. The highest BCUT2D eigenvalue weighted by atomic mass is 35.5. The van der Waals surface area contributed by atoms with Crippen LogP contribution in [0.15, 0.2) is 18.2 Å². The molecular weight excluding hydrogens is 280 g/mol. The van der Waals surface area contributed by atoms with Gasteiger partial charge in [-0.3, -0.25) is 10.1 Å². The maximum Gasteiger partial charge on any atom is 0.269 e. The Morgan fingerprint density at radius 3 is 2.85 bits per heavy atom. The van der Waals surface area contributed by atoms with Crippen LogP contribution in [0.5, 0.6) is 0 Å². The van der Waals surface area contributed by atoms with Crippen molar-refractivity contribution in [2.75, 3.05) is 19.8 Å². The predicted molar refractivity (Wildman–Crippen MR) is 80.1 cm³/mol. The second kappa shape index (κ2) is 8.89. The molecule has 5 nitrogen and oxygen atoms in total. The van der Waals surface area contributed by atoms with E-state index in [2.05, 4.69) is 19.2 Å². The molecule has 0 heterocycles. The van der Waals surface area contributed by atoms with Crippen molar-refractivity contribution >= 4 is 17.3 Å². The fraction of sp³-hybridized carbons (Fsp3) is 0.571. The Labute approximate surface area is 124 Å². The van der Waals surface area contributed by atoms with Crippen LogP contribution >= 0.6 is 11.6 Å². The van der Waals surface area contributed by atoms with Gasteiger partial charge in [-0.25, -0.2) is 0 Å². The van der Waals surface area contributed by atoms with E-state index < -0.39 is 4.92 Å². The van der Waals surface area contributed by atoms with E-state index in [0.29, 0.717) is 24.1 Å². The normalized spacial score (nSPS) is 11.0. The maximum atomic E-state index is 10.7. The van der Waals surface area contributed by atoms with Crippen molar-refractivity contribution in [1.29, 1.82) is 0 Å². The van der Waals surface area contributed by atoms with Gasteiger partial charge in [0.2, 0.25) is 0 Å². The van der Waals surface area contributed by atoms with Crippen molar-refractivity contribution in [3.8, 4) is 0 Å². The van der Waals surface area contributed by atoms with Gasteiger partial charge in [0.25, 0.3) is 5.69 Å². The van der Waals surface area contributed by atoms with Crippen molar-refractivity contribution < 1.29 is 9.66 Å². The standard InChI is InChI=1S/C14H21ClN2O3/c1-11(2)10-20-7-3-6-16-9-12-8-13(17(18)19)4-5-14(12)15/h4-5,8,11,16H,3,6-7,9-10H2,1-2H3. The summed E-state index contributed by atoms with van der Waals surface area (Å²) in [6.45, 7) is 7.03. The van der Waals surface area contributed by atoms with Crippen LogP contribution in [0.4, 0.5) is 5.69 Å². The first-order chi connectivity index (χ1) is 9.50. The molecule has 0 aromatic heterocycles. The van der Waals surface area contributed by atoms with E-state index in [1.807, 2.05) is 0 Å². The lowest BCUT2D eigenvalue weighted by Gasteiger charge is -2.08. The Morgan fingerprint density at radius 2 is 2.20 bits per heavy atom. The van der Waals surface area contributed by atoms with Gasteiger partial charge >= 0.3 is 0 Å².